The van der Waals surface area contributed by atoms with Crippen LogP contribution in [0.25, 0.3) is 64.7 Å². The SMILES string of the molecule is CN=[N+]=[N-].COC(=O)C[C@H](CC(=O)CNC(=O)CCCN(C(=O)OC(C)(C)C)c1cc(C)ccn1)c1ccc(-c2ccc(O)c3ccccc23)cc1.COC(=O)C[C@H](CC(=O)CNC(=O)CCCN(C(=O)OC(C)(C)C)c1cc(C)ccn1)c1ccc(-c2ccc(OCCOCCOCCOCCOCCN=[N+]=[N-])c3ccccc23)cc1.O=CO[O-].[H-].[K+].[K+]. The van der Waals surface area contributed by atoms with Crippen molar-refractivity contribution in [1.29, 1.82) is 0 Å². The Hall–Kier alpha value is -9.34. The number of aryl methyl sites for hydroxylation is 2. The molecule has 6 aromatic carbocycles. The van der Waals surface area contributed by atoms with Gasteiger partial charge in [0.2, 0.25) is 11.8 Å². The number of pyridine rings is 2. The number of azide groups is 2. The second kappa shape index (κ2) is 59.5. The van der Waals surface area contributed by atoms with Crippen molar-refractivity contribution in [2.75, 3.05) is 123 Å². The minimum Gasteiger partial charge on any atom is -1.00 e. The summed E-state index contributed by atoms with van der Waals surface area (Å²) in [5.41, 5.74) is 21.4. The maximum atomic E-state index is 13.2. The summed E-state index contributed by atoms with van der Waals surface area (Å²) in [6.45, 7) is 18.2. The van der Waals surface area contributed by atoms with E-state index in [1.165, 1.54) is 31.1 Å². The van der Waals surface area contributed by atoms with Crippen molar-refractivity contribution in [1.82, 2.24) is 20.6 Å². The topological polar surface area (TPSA) is 443 Å². The Balaban J connectivity index is 0.000000781. The number of carbonyl (C=O) groups excluding carboxylic acids is 9. The number of carbonyl (C=O) groups is 9. The molecule has 2 atom stereocenters. The van der Waals surface area contributed by atoms with Gasteiger partial charge in [0.1, 0.15) is 40.9 Å². The fourth-order valence-corrected chi connectivity index (χ4v) is 12.0. The van der Waals surface area contributed by atoms with Crippen LogP contribution >= 0.6 is 0 Å². The summed E-state index contributed by atoms with van der Waals surface area (Å²) in [6.07, 6.45) is 2.92. The van der Waals surface area contributed by atoms with E-state index in [-0.39, 0.29) is 205 Å². The number of hydrogen-bond donors (Lipinski definition) is 3. The van der Waals surface area contributed by atoms with Crippen LogP contribution in [0, 0.1) is 13.8 Å². The Morgan fingerprint density at radius 2 is 0.919 bits per heavy atom. The van der Waals surface area contributed by atoms with Crippen molar-refractivity contribution in [3.05, 3.63) is 201 Å². The molecular formula is C88H110K2N12O21. The number of amides is 4. The van der Waals surface area contributed by atoms with Crippen LogP contribution in [0.2, 0.25) is 0 Å². The molecule has 33 nitrogen and oxygen atoms in total. The van der Waals surface area contributed by atoms with Crippen LogP contribution < -0.4 is 133 Å². The average Bonchev–Trinajstić information content (AvgIpc) is 0.788. The second-order valence-electron chi connectivity index (χ2n) is 29.2. The molecule has 0 unspecified atom stereocenters. The average molecular weight is 1750 g/mol. The molecule has 8 aromatic rings. The number of ether oxygens (including phenoxy) is 9. The number of methoxy groups -OCH3 is 2. The predicted octanol–water partition coefficient (Wildman–Crippen LogP) is 8.25. The number of Topliss-reactive ketones (excluding diaryl/α,β-unsaturated/α-hetero) is 2. The number of rotatable bonds is 43. The normalized spacial score (nSPS) is 11.1. The largest absolute Gasteiger partial charge is 1.00 e. The van der Waals surface area contributed by atoms with E-state index in [1.54, 1.807) is 72.1 Å². The van der Waals surface area contributed by atoms with Crippen molar-refractivity contribution >= 4 is 87.2 Å². The molecule has 3 N–H and O–H groups in total. The summed E-state index contributed by atoms with van der Waals surface area (Å²) in [5, 5.41) is 34.0. The fourth-order valence-electron chi connectivity index (χ4n) is 12.0. The number of aromatic hydroxyl groups is 1. The molecule has 0 aliphatic carbocycles. The quantitative estimate of drug-likeness (QED) is 0.00309. The van der Waals surface area contributed by atoms with Gasteiger partial charge in [0.05, 0.1) is 93.0 Å². The first-order chi connectivity index (χ1) is 58.0. The monoisotopic (exact) mass is 1750 g/mol. The molecule has 123 heavy (non-hydrogen) atoms. The minimum absolute atomic E-state index is 0. The van der Waals surface area contributed by atoms with E-state index in [0.717, 1.165) is 71.8 Å². The van der Waals surface area contributed by atoms with Crippen LogP contribution in [-0.2, 0) is 76.3 Å². The molecule has 2 aromatic heterocycles. The molecule has 0 saturated carbocycles. The summed E-state index contributed by atoms with van der Waals surface area (Å²) >= 11 is 0. The van der Waals surface area contributed by atoms with Gasteiger partial charge in [-0.3, -0.25) is 43.4 Å². The molecule has 0 saturated heterocycles. The fraction of sp³-hybridized carbons (Fsp3) is 0.420. The van der Waals surface area contributed by atoms with Crippen molar-refractivity contribution in [2.45, 2.75) is 130 Å². The van der Waals surface area contributed by atoms with Gasteiger partial charge in [-0.25, -0.2) is 19.6 Å². The van der Waals surface area contributed by atoms with E-state index in [2.05, 4.69) is 45.5 Å². The summed E-state index contributed by atoms with van der Waals surface area (Å²) in [7, 11) is 4.00. The van der Waals surface area contributed by atoms with Crippen molar-refractivity contribution in [3.8, 4) is 33.8 Å². The first-order valence-corrected chi connectivity index (χ1v) is 39.2. The van der Waals surface area contributed by atoms with Gasteiger partial charge in [0.25, 0.3) is 6.47 Å². The number of nitrogens with one attached hydrogen (secondary N) is 2. The summed E-state index contributed by atoms with van der Waals surface area (Å²) in [5.74, 6) is -1.17. The molecule has 0 spiro atoms. The molecule has 0 aliphatic heterocycles. The number of nitrogens with zero attached hydrogens (tertiary/aromatic N) is 10. The first kappa shape index (κ1) is 108. The van der Waals surface area contributed by atoms with Crippen LogP contribution in [0.15, 0.2) is 168 Å². The minimum atomic E-state index is -0.716. The third-order valence-corrected chi connectivity index (χ3v) is 17.6. The number of phenolic OH excluding ortho intramolecular Hbond substituents is 1. The number of phenols is 1. The van der Waals surface area contributed by atoms with Gasteiger partial charge in [-0.15, -0.1) is 0 Å². The zero-order valence-corrected chi connectivity index (χ0v) is 78.6. The number of hydrogen-bond acceptors (Lipinski definition) is 25. The molecule has 0 aliphatic rings. The molecule has 2 heterocycles. The third-order valence-electron chi connectivity index (χ3n) is 17.6. The number of benzene rings is 6. The van der Waals surface area contributed by atoms with Gasteiger partial charge >= 0.3 is 127 Å². The summed E-state index contributed by atoms with van der Waals surface area (Å²) in [6, 6.07) is 45.6. The Morgan fingerprint density at radius 1 is 0.537 bits per heavy atom. The smallest absolute Gasteiger partial charge is 1.00 e. The van der Waals surface area contributed by atoms with E-state index < -0.39 is 47.2 Å². The van der Waals surface area contributed by atoms with Crippen LogP contribution in [0.3, 0.4) is 0 Å². The Morgan fingerprint density at radius 3 is 1.30 bits per heavy atom. The summed E-state index contributed by atoms with van der Waals surface area (Å²) < 4.78 is 49.0. The van der Waals surface area contributed by atoms with Crippen LogP contribution in [-0.4, -0.2) is 194 Å². The number of fused-ring (bicyclic) bond motifs is 2. The van der Waals surface area contributed by atoms with Gasteiger partial charge in [0, 0.05) is 97.2 Å². The number of anilines is 2. The Labute approximate surface area is 803 Å². The van der Waals surface area contributed by atoms with Crippen molar-refractivity contribution < 1.29 is 205 Å². The van der Waals surface area contributed by atoms with E-state index in [4.69, 9.17) is 63.7 Å². The van der Waals surface area contributed by atoms with Gasteiger partial charge in [-0.2, -0.15) is 0 Å². The van der Waals surface area contributed by atoms with Gasteiger partial charge < -0.3 is 69.9 Å². The van der Waals surface area contributed by atoms with E-state index >= 15 is 0 Å². The molecule has 0 radical (unpaired) electrons. The molecule has 8 rings (SSSR count). The molecule has 35 heteroatoms. The van der Waals surface area contributed by atoms with E-state index in [1.807, 2.05) is 141 Å². The maximum Gasteiger partial charge on any atom is 1.00 e. The number of aromatic nitrogens is 2. The molecule has 0 fully saturated rings. The van der Waals surface area contributed by atoms with Crippen molar-refractivity contribution in [2.24, 2.45) is 10.2 Å². The zero-order chi connectivity index (χ0) is 88.5. The van der Waals surface area contributed by atoms with Crippen LogP contribution in [0.5, 0.6) is 11.5 Å². The van der Waals surface area contributed by atoms with Crippen LogP contribution in [0.4, 0.5) is 21.2 Å². The van der Waals surface area contributed by atoms with Gasteiger partial charge in [-0.1, -0.05) is 119 Å². The third kappa shape index (κ3) is 41.4. The first-order valence-electron chi connectivity index (χ1n) is 39.2. The zero-order valence-electron chi connectivity index (χ0n) is 73.4. The summed E-state index contributed by atoms with van der Waals surface area (Å²) in [4.78, 5) is 130. The molecule has 0 bridgehead atoms. The van der Waals surface area contributed by atoms with E-state index in [9.17, 15) is 43.5 Å². The Bertz CT molecular complexity index is 4760. The van der Waals surface area contributed by atoms with E-state index in [0.29, 0.717) is 90.5 Å². The molecule has 650 valence electrons. The number of esters is 2. The second-order valence-corrected chi connectivity index (χ2v) is 29.2. The molecule has 4 amide bonds. The van der Waals surface area contributed by atoms with Gasteiger partial charge in [-0.05, 0) is 171 Å². The Kier molecular flexibility index (Phi) is 52.2. The van der Waals surface area contributed by atoms with Gasteiger partial charge in [0.15, 0.2) is 11.6 Å². The standard InChI is InChI=1S/C48H62N6O11.C38H43N3O7.CH3N3.CH2O3.2K.H/c1-35-18-19-50-44(31-35)54(47(58)65-48(2,3)4)21-8-11-45(56)51-34-39(55)32-38(33-46(57)59-5)36-12-14-37(15-13-36)40-16-17-43(42-10-7-6-9-41(40)42)64-30-29-63-28-27-62-26-25-61-24-23-60-22-20-52-53-49;1-25-18-19-39-34(21-25)41(37(46)48-38(2,3)4)20-8-11-35(44)40-24-29(42)22-28(23-36(45)47-5)26-12-14-27(15-13-26)30-16-17-33(43)32-10-7-6-9-31(30)32;1-3-4-2;2-1-4-3;;;/h6-7,9-10,12-19,31,38H,8,11,20-30,32-34H2,1-5H3,(H,51,56);6-7,9-10,12-19,21,28,43H,8,11,20,22-24H2,1-5H3,(H,40,44);1H3;1,3H;;;/q;;;;2*+1;-1/p-1/t38-;28-;;;;;/m00...../s1. The predicted molar refractivity (Wildman–Crippen MR) is 454 cm³/mol. The number of ketones is 2. The molecular weight excluding hydrogens is 1640 g/mol. The van der Waals surface area contributed by atoms with Crippen molar-refractivity contribution in [3.63, 3.8) is 0 Å². The maximum absolute atomic E-state index is 13.2. The van der Waals surface area contributed by atoms with Crippen LogP contribution in [0.1, 0.15) is 128 Å².